The van der Waals surface area contributed by atoms with Gasteiger partial charge in [-0.3, -0.25) is 19.8 Å². The summed E-state index contributed by atoms with van der Waals surface area (Å²) in [6.45, 7) is 3.79. The summed E-state index contributed by atoms with van der Waals surface area (Å²) in [5, 5.41) is 2.55. The maximum Gasteiger partial charge on any atom is 0.265 e. The smallest absolute Gasteiger partial charge is 0.265 e. The average molecular weight is 366 g/mol. The van der Waals surface area contributed by atoms with E-state index in [2.05, 4.69) is 11.9 Å². The minimum atomic E-state index is -0.543. The molecular formula is C20H15FN2O2S. The molecule has 0 aliphatic carbocycles. The van der Waals surface area contributed by atoms with E-state index in [0.29, 0.717) is 16.7 Å². The van der Waals surface area contributed by atoms with Crippen molar-refractivity contribution in [3.05, 3.63) is 78.1 Å². The van der Waals surface area contributed by atoms with Crippen LogP contribution in [0, 0.1) is 5.82 Å². The first-order valence-electron chi connectivity index (χ1n) is 7.86. The van der Waals surface area contributed by atoms with E-state index < -0.39 is 11.8 Å². The van der Waals surface area contributed by atoms with Crippen LogP contribution >= 0.6 is 12.2 Å². The van der Waals surface area contributed by atoms with E-state index in [-0.39, 0.29) is 23.0 Å². The van der Waals surface area contributed by atoms with Crippen LogP contribution in [0.15, 0.2) is 66.8 Å². The fraction of sp³-hybridized carbons (Fsp3) is 0.0500. The number of thiocarbonyl (C=S) groups is 1. The Labute approximate surface area is 155 Å². The molecular weight excluding hydrogens is 351 g/mol. The maximum atomic E-state index is 13.9. The minimum Gasteiger partial charge on any atom is -0.298 e. The molecule has 2 aromatic carbocycles. The second kappa shape index (κ2) is 7.41. The highest BCUT2D eigenvalue weighted by Gasteiger charge is 2.32. The van der Waals surface area contributed by atoms with Gasteiger partial charge >= 0.3 is 0 Å². The number of nitrogens with one attached hydrogen (secondary N) is 1. The number of carbonyl (C=O) groups is 2. The topological polar surface area (TPSA) is 49.4 Å². The van der Waals surface area contributed by atoms with E-state index in [1.54, 1.807) is 42.5 Å². The fourth-order valence-corrected chi connectivity index (χ4v) is 2.86. The van der Waals surface area contributed by atoms with E-state index in [0.717, 1.165) is 0 Å². The van der Waals surface area contributed by atoms with Crippen molar-refractivity contribution in [3.8, 4) is 11.1 Å². The number of carbonyl (C=O) groups excluding carboxylic acids is 2. The van der Waals surface area contributed by atoms with E-state index in [1.165, 1.54) is 23.1 Å². The number of benzene rings is 2. The number of amides is 2. The summed E-state index contributed by atoms with van der Waals surface area (Å²) in [6, 6.07) is 13.4. The zero-order valence-electron chi connectivity index (χ0n) is 13.7. The number of hydrogen-bond donors (Lipinski definition) is 1. The van der Waals surface area contributed by atoms with Gasteiger partial charge in [-0.2, -0.15) is 0 Å². The van der Waals surface area contributed by atoms with Gasteiger partial charge in [-0.1, -0.05) is 48.5 Å². The largest absolute Gasteiger partial charge is 0.298 e. The van der Waals surface area contributed by atoms with Crippen molar-refractivity contribution >= 4 is 35.2 Å². The van der Waals surface area contributed by atoms with Gasteiger partial charge in [-0.05, 0) is 35.5 Å². The normalized spacial score (nSPS) is 16.0. The molecule has 130 valence electrons. The van der Waals surface area contributed by atoms with Gasteiger partial charge in [0.1, 0.15) is 11.4 Å². The second-order valence-corrected chi connectivity index (χ2v) is 6.01. The molecule has 0 radical (unpaired) electrons. The van der Waals surface area contributed by atoms with Crippen molar-refractivity contribution in [3.63, 3.8) is 0 Å². The molecule has 1 saturated heterocycles. The van der Waals surface area contributed by atoms with Crippen LogP contribution in [0.1, 0.15) is 5.56 Å². The number of rotatable bonds is 4. The highest BCUT2D eigenvalue weighted by molar-refractivity contribution is 7.80. The third-order valence-corrected chi connectivity index (χ3v) is 4.23. The molecule has 2 aromatic rings. The number of hydrogen-bond acceptors (Lipinski definition) is 3. The Bertz CT molecular complexity index is 935. The SMILES string of the molecule is C=CCN1C(=O)C(=Cc2ccc(-c3ccccc3F)cc2)C(=O)NC1=S. The number of nitrogens with zero attached hydrogens (tertiary/aromatic N) is 1. The Kier molecular flexibility index (Phi) is 5.04. The zero-order valence-corrected chi connectivity index (χ0v) is 14.6. The third kappa shape index (κ3) is 3.45. The summed E-state index contributed by atoms with van der Waals surface area (Å²) in [5.74, 6) is -1.33. The molecule has 1 heterocycles. The van der Waals surface area contributed by atoms with Crippen molar-refractivity contribution in [2.45, 2.75) is 0 Å². The van der Waals surface area contributed by atoms with Crippen molar-refractivity contribution in [2.24, 2.45) is 0 Å². The van der Waals surface area contributed by atoms with Crippen LogP contribution in [-0.2, 0) is 9.59 Å². The lowest BCUT2D eigenvalue weighted by atomic mass is 10.0. The molecule has 2 amide bonds. The Balaban J connectivity index is 1.90. The predicted molar refractivity (Wildman–Crippen MR) is 102 cm³/mol. The first kappa shape index (κ1) is 17.7. The zero-order chi connectivity index (χ0) is 18.7. The summed E-state index contributed by atoms with van der Waals surface area (Å²) < 4.78 is 13.9. The second-order valence-electron chi connectivity index (χ2n) is 5.62. The molecule has 0 saturated carbocycles. The van der Waals surface area contributed by atoms with Gasteiger partial charge in [0.2, 0.25) is 0 Å². The van der Waals surface area contributed by atoms with Crippen LogP contribution in [0.3, 0.4) is 0 Å². The third-order valence-electron chi connectivity index (χ3n) is 3.90. The van der Waals surface area contributed by atoms with Crippen LogP contribution in [0.25, 0.3) is 17.2 Å². The van der Waals surface area contributed by atoms with Gasteiger partial charge in [0.05, 0.1) is 0 Å². The molecule has 0 unspecified atom stereocenters. The van der Waals surface area contributed by atoms with Crippen LogP contribution < -0.4 is 5.32 Å². The minimum absolute atomic E-state index is 0.0147. The van der Waals surface area contributed by atoms with Gasteiger partial charge < -0.3 is 0 Å². The maximum absolute atomic E-state index is 13.9. The van der Waals surface area contributed by atoms with E-state index in [1.807, 2.05) is 0 Å². The lowest BCUT2D eigenvalue weighted by molar-refractivity contribution is -0.128. The van der Waals surface area contributed by atoms with Gasteiger partial charge in [0, 0.05) is 12.1 Å². The van der Waals surface area contributed by atoms with Crippen LogP contribution in [0.5, 0.6) is 0 Å². The van der Waals surface area contributed by atoms with Gasteiger partial charge in [0.15, 0.2) is 5.11 Å². The molecule has 1 fully saturated rings. The first-order valence-corrected chi connectivity index (χ1v) is 8.27. The van der Waals surface area contributed by atoms with Gasteiger partial charge in [0.25, 0.3) is 11.8 Å². The van der Waals surface area contributed by atoms with Crippen molar-refractivity contribution in [1.82, 2.24) is 10.2 Å². The highest BCUT2D eigenvalue weighted by atomic mass is 32.1. The van der Waals surface area contributed by atoms with Crippen LogP contribution in [0.4, 0.5) is 4.39 Å². The summed E-state index contributed by atoms with van der Waals surface area (Å²) in [6.07, 6.45) is 3.02. The molecule has 3 rings (SSSR count). The van der Waals surface area contributed by atoms with Crippen molar-refractivity contribution in [1.29, 1.82) is 0 Å². The lowest BCUT2D eigenvalue weighted by Gasteiger charge is -2.27. The molecule has 1 aliphatic rings. The Morgan fingerprint density at radius 1 is 1.12 bits per heavy atom. The molecule has 0 aromatic heterocycles. The Hall–Kier alpha value is -3.12. The molecule has 1 aliphatic heterocycles. The molecule has 1 N–H and O–H groups in total. The molecule has 0 bridgehead atoms. The Morgan fingerprint density at radius 2 is 1.81 bits per heavy atom. The molecule has 26 heavy (non-hydrogen) atoms. The monoisotopic (exact) mass is 366 g/mol. The average Bonchev–Trinajstić information content (AvgIpc) is 2.63. The fourth-order valence-electron chi connectivity index (χ4n) is 2.61. The van der Waals surface area contributed by atoms with Crippen molar-refractivity contribution < 1.29 is 14.0 Å². The number of halogens is 1. The van der Waals surface area contributed by atoms with E-state index >= 15 is 0 Å². The van der Waals surface area contributed by atoms with E-state index in [4.69, 9.17) is 12.2 Å². The van der Waals surface area contributed by atoms with Gasteiger partial charge in [-0.25, -0.2) is 4.39 Å². The molecule has 4 nitrogen and oxygen atoms in total. The molecule has 0 atom stereocenters. The molecule has 0 spiro atoms. The summed E-state index contributed by atoms with van der Waals surface area (Å²) in [5.41, 5.74) is 1.83. The molecule has 6 heteroatoms. The van der Waals surface area contributed by atoms with Crippen LogP contribution in [-0.4, -0.2) is 28.4 Å². The summed E-state index contributed by atoms with van der Waals surface area (Å²) in [7, 11) is 0. The quantitative estimate of drug-likeness (QED) is 0.391. The predicted octanol–water partition coefficient (Wildman–Crippen LogP) is 3.31. The summed E-state index contributed by atoms with van der Waals surface area (Å²) in [4.78, 5) is 25.9. The Morgan fingerprint density at radius 3 is 2.46 bits per heavy atom. The first-order chi connectivity index (χ1) is 12.5. The standard InChI is InChI=1S/C20H15FN2O2S/c1-2-11-23-19(25)16(18(24)22-20(23)26)12-13-7-9-14(10-8-13)15-5-3-4-6-17(15)21/h2-10,12H,1,11H2,(H,22,24,26). The van der Waals surface area contributed by atoms with Gasteiger partial charge in [-0.15, -0.1) is 6.58 Å². The van der Waals surface area contributed by atoms with Crippen molar-refractivity contribution in [2.75, 3.05) is 6.54 Å². The van der Waals surface area contributed by atoms with E-state index in [9.17, 15) is 14.0 Å². The highest BCUT2D eigenvalue weighted by Crippen LogP contribution is 2.24. The lowest BCUT2D eigenvalue weighted by Crippen LogP contribution is -2.53. The summed E-state index contributed by atoms with van der Waals surface area (Å²) >= 11 is 5.01. The van der Waals surface area contributed by atoms with Crippen LogP contribution in [0.2, 0.25) is 0 Å².